The van der Waals surface area contributed by atoms with Crippen LogP contribution in [0.4, 0.5) is 5.69 Å². The SMILES string of the molecule is CCCn1c(C)cc(/C=C(\C#N)C(=O)OC(C)C(=O)Nc2ccccc2)c1C. The largest absolute Gasteiger partial charge is 0.448 e. The molecule has 6 nitrogen and oxygen atoms in total. The number of aromatic nitrogens is 1. The Morgan fingerprint density at radius 1 is 1.29 bits per heavy atom. The highest BCUT2D eigenvalue weighted by Gasteiger charge is 2.21. The second-order valence-corrected chi connectivity index (χ2v) is 6.55. The van der Waals surface area contributed by atoms with Gasteiger partial charge in [-0.2, -0.15) is 5.26 Å². The molecule has 0 spiro atoms. The summed E-state index contributed by atoms with van der Waals surface area (Å²) in [6.07, 6.45) is 1.47. The minimum absolute atomic E-state index is 0.142. The van der Waals surface area contributed by atoms with Crippen molar-refractivity contribution in [2.75, 3.05) is 5.32 Å². The zero-order valence-corrected chi connectivity index (χ0v) is 16.7. The van der Waals surface area contributed by atoms with E-state index in [0.29, 0.717) is 5.69 Å². The quantitative estimate of drug-likeness (QED) is 0.448. The summed E-state index contributed by atoms with van der Waals surface area (Å²) in [5.41, 5.74) is 3.30. The fourth-order valence-electron chi connectivity index (χ4n) is 2.88. The Bertz CT molecular complexity index is 920. The molecule has 0 aliphatic rings. The second kappa shape index (κ2) is 9.56. The third-order valence-electron chi connectivity index (χ3n) is 4.39. The number of aryl methyl sites for hydroxylation is 1. The minimum atomic E-state index is -1.03. The molecule has 0 aliphatic heterocycles. The molecule has 2 aromatic rings. The lowest BCUT2D eigenvalue weighted by molar-refractivity contribution is -0.148. The molecule has 1 heterocycles. The van der Waals surface area contributed by atoms with Crippen LogP contribution in [0.3, 0.4) is 0 Å². The molecule has 6 heteroatoms. The molecule has 0 radical (unpaired) electrons. The van der Waals surface area contributed by atoms with E-state index in [9.17, 15) is 14.9 Å². The topological polar surface area (TPSA) is 84.1 Å². The Balaban J connectivity index is 2.11. The van der Waals surface area contributed by atoms with Gasteiger partial charge >= 0.3 is 5.97 Å². The molecule has 1 aromatic heterocycles. The summed E-state index contributed by atoms with van der Waals surface area (Å²) in [5, 5.41) is 12.1. The van der Waals surface area contributed by atoms with E-state index < -0.39 is 18.0 Å². The number of hydrogen-bond donors (Lipinski definition) is 1. The zero-order chi connectivity index (χ0) is 20.7. The van der Waals surface area contributed by atoms with E-state index in [-0.39, 0.29) is 5.57 Å². The molecule has 0 aliphatic carbocycles. The molecule has 0 bridgehead atoms. The number of anilines is 1. The lowest BCUT2D eigenvalue weighted by Crippen LogP contribution is -2.30. The highest BCUT2D eigenvalue weighted by atomic mass is 16.5. The summed E-state index contributed by atoms with van der Waals surface area (Å²) < 4.78 is 7.33. The maximum atomic E-state index is 12.4. The first-order valence-electron chi connectivity index (χ1n) is 9.22. The van der Waals surface area contributed by atoms with E-state index in [4.69, 9.17) is 4.74 Å². The first-order chi connectivity index (χ1) is 13.4. The number of nitriles is 1. The standard InChI is InChI=1S/C22H25N3O3/c1-5-11-25-15(2)12-18(16(25)3)13-19(14-23)22(27)28-17(4)21(26)24-20-9-7-6-8-10-20/h6-10,12-13,17H,5,11H2,1-4H3,(H,24,26)/b19-13+. The van der Waals surface area contributed by atoms with Gasteiger partial charge in [-0.05, 0) is 57.0 Å². The van der Waals surface area contributed by atoms with Gasteiger partial charge in [0.1, 0.15) is 11.6 Å². The van der Waals surface area contributed by atoms with E-state index >= 15 is 0 Å². The third kappa shape index (κ3) is 5.10. The fraction of sp³-hybridized carbons (Fsp3) is 0.318. The third-order valence-corrected chi connectivity index (χ3v) is 4.39. The van der Waals surface area contributed by atoms with Crippen LogP contribution in [0.25, 0.3) is 6.08 Å². The Hall–Kier alpha value is -3.33. The van der Waals surface area contributed by atoms with E-state index in [1.165, 1.54) is 13.0 Å². The molecule has 0 fully saturated rings. The molecule has 28 heavy (non-hydrogen) atoms. The number of nitrogens with zero attached hydrogens (tertiary/aromatic N) is 2. The average molecular weight is 379 g/mol. The molecule has 1 N–H and O–H groups in total. The van der Waals surface area contributed by atoms with Crippen LogP contribution in [-0.4, -0.2) is 22.5 Å². The fourth-order valence-corrected chi connectivity index (χ4v) is 2.88. The van der Waals surface area contributed by atoms with Gasteiger partial charge in [0, 0.05) is 23.6 Å². The van der Waals surface area contributed by atoms with Gasteiger partial charge in [0.2, 0.25) is 0 Å². The summed E-state index contributed by atoms with van der Waals surface area (Å²) in [7, 11) is 0. The van der Waals surface area contributed by atoms with Gasteiger partial charge in [-0.15, -0.1) is 0 Å². The van der Waals surface area contributed by atoms with Crippen LogP contribution < -0.4 is 5.32 Å². The maximum Gasteiger partial charge on any atom is 0.349 e. The van der Waals surface area contributed by atoms with Crippen LogP contribution >= 0.6 is 0 Å². The highest BCUT2D eigenvalue weighted by Crippen LogP contribution is 2.19. The van der Waals surface area contributed by atoms with E-state index in [1.54, 1.807) is 24.3 Å². The first-order valence-corrected chi connectivity index (χ1v) is 9.22. The van der Waals surface area contributed by atoms with Crippen LogP contribution in [-0.2, 0) is 20.9 Å². The highest BCUT2D eigenvalue weighted by molar-refractivity contribution is 6.01. The average Bonchev–Trinajstić information content (AvgIpc) is 2.94. The molecule has 1 aromatic carbocycles. The van der Waals surface area contributed by atoms with Crippen LogP contribution in [0.2, 0.25) is 0 Å². The van der Waals surface area contributed by atoms with Gasteiger partial charge in [-0.25, -0.2) is 4.79 Å². The van der Waals surface area contributed by atoms with Gasteiger partial charge in [-0.3, -0.25) is 4.79 Å². The number of carbonyl (C=O) groups is 2. The van der Waals surface area contributed by atoms with Gasteiger partial charge in [0.05, 0.1) is 0 Å². The number of ether oxygens (including phenoxy) is 1. The maximum absolute atomic E-state index is 12.4. The Kier molecular flexibility index (Phi) is 7.16. The normalized spacial score (nSPS) is 12.2. The molecule has 0 saturated carbocycles. The number of hydrogen-bond acceptors (Lipinski definition) is 4. The van der Waals surface area contributed by atoms with Crippen LogP contribution in [0.1, 0.15) is 37.2 Å². The molecule has 146 valence electrons. The summed E-state index contributed by atoms with van der Waals surface area (Å²) in [6, 6.07) is 12.7. The predicted molar refractivity (Wildman–Crippen MR) is 108 cm³/mol. The number of esters is 1. The number of para-hydroxylation sites is 1. The van der Waals surface area contributed by atoms with Crippen molar-refractivity contribution >= 4 is 23.6 Å². The number of benzene rings is 1. The van der Waals surface area contributed by atoms with Crippen molar-refractivity contribution in [1.82, 2.24) is 4.57 Å². The van der Waals surface area contributed by atoms with Crippen LogP contribution in [0.5, 0.6) is 0 Å². The Labute approximate surface area is 165 Å². The number of carbonyl (C=O) groups excluding carboxylic acids is 2. The van der Waals surface area contributed by atoms with Gasteiger partial charge < -0.3 is 14.6 Å². The van der Waals surface area contributed by atoms with Crippen LogP contribution in [0, 0.1) is 25.2 Å². The molecule has 1 unspecified atom stereocenters. The molecule has 2 rings (SSSR count). The summed E-state index contributed by atoms with van der Waals surface area (Å²) in [6.45, 7) is 8.37. The minimum Gasteiger partial charge on any atom is -0.448 e. The second-order valence-electron chi connectivity index (χ2n) is 6.55. The summed E-state index contributed by atoms with van der Waals surface area (Å²) >= 11 is 0. The van der Waals surface area contributed by atoms with Gasteiger partial charge in [0.25, 0.3) is 5.91 Å². The van der Waals surface area contributed by atoms with Crippen molar-refractivity contribution in [2.24, 2.45) is 0 Å². The van der Waals surface area contributed by atoms with Crippen LogP contribution in [0.15, 0.2) is 42.0 Å². The zero-order valence-electron chi connectivity index (χ0n) is 16.7. The number of nitrogens with one attached hydrogen (secondary N) is 1. The molecule has 0 saturated heterocycles. The predicted octanol–water partition coefficient (Wildman–Crippen LogP) is 3.99. The molecular formula is C22H25N3O3. The molecule has 1 atom stereocenters. The lowest BCUT2D eigenvalue weighted by Gasteiger charge is -2.13. The van der Waals surface area contributed by atoms with Gasteiger partial charge in [0.15, 0.2) is 6.10 Å². The first kappa shape index (κ1) is 21.0. The lowest BCUT2D eigenvalue weighted by atomic mass is 10.1. The Morgan fingerprint density at radius 2 is 1.96 bits per heavy atom. The summed E-state index contributed by atoms with van der Waals surface area (Å²) in [4.78, 5) is 24.6. The van der Waals surface area contributed by atoms with Crippen molar-refractivity contribution in [1.29, 1.82) is 5.26 Å². The summed E-state index contributed by atoms with van der Waals surface area (Å²) in [5.74, 6) is -1.28. The molecule has 1 amide bonds. The molecular weight excluding hydrogens is 354 g/mol. The van der Waals surface area contributed by atoms with Crippen molar-refractivity contribution in [3.8, 4) is 6.07 Å². The smallest absolute Gasteiger partial charge is 0.349 e. The van der Waals surface area contributed by atoms with Crippen molar-refractivity contribution < 1.29 is 14.3 Å². The van der Waals surface area contributed by atoms with Crippen molar-refractivity contribution in [3.63, 3.8) is 0 Å². The van der Waals surface area contributed by atoms with Crippen molar-refractivity contribution in [3.05, 3.63) is 58.9 Å². The van der Waals surface area contributed by atoms with E-state index in [0.717, 1.165) is 29.9 Å². The van der Waals surface area contributed by atoms with Gasteiger partial charge in [-0.1, -0.05) is 25.1 Å². The monoisotopic (exact) mass is 379 g/mol. The number of amides is 1. The van der Waals surface area contributed by atoms with E-state index in [1.807, 2.05) is 32.0 Å². The number of rotatable bonds is 7. The Morgan fingerprint density at radius 3 is 2.57 bits per heavy atom. The van der Waals surface area contributed by atoms with Crippen molar-refractivity contribution in [2.45, 2.75) is 46.8 Å². The van der Waals surface area contributed by atoms with E-state index in [2.05, 4.69) is 16.8 Å².